The van der Waals surface area contributed by atoms with Gasteiger partial charge in [0.05, 0.1) is 34.9 Å². The van der Waals surface area contributed by atoms with Gasteiger partial charge in [0.2, 0.25) is 0 Å². The molecule has 1 aliphatic rings. The van der Waals surface area contributed by atoms with E-state index in [1.807, 2.05) is 6.07 Å². The third kappa shape index (κ3) is 4.51. The summed E-state index contributed by atoms with van der Waals surface area (Å²) in [6.45, 7) is 9.98. The Morgan fingerprint density at radius 2 is 1.90 bits per heavy atom. The van der Waals surface area contributed by atoms with Gasteiger partial charge < -0.3 is 10.6 Å². The van der Waals surface area contributed by atoms with E-state index in [0.717, 1.165) is 24.9 Å². The van der Waals surface area contributed by atoms with Crippen molar-refractivity contribution in [2.75, 3.05) is 0 Å². The Morgan fingerprint density at radius 1 is 1.29 bits per heavy atom. The minimum Gasteiger partial charge on any atom is -0.340 e. The molecule has 1 fully saturated rings. The maximum absolute atomic E-state index is 10.8. The van der Waals surface area contributed by atoms with E-state index in [1.165, 1.54) is 0 Å². The summed E-state index contributed by atoms with van der Waals surface area (Å²) in [7, 11) is 0. The fourth-order valence-electron chi connectivity index (χ4n) is 3.87. The second kappa shape index (κ2) is 5.73. The monoisotopic (exact) mass is 293 g/mol. The maximum Gasteiger partial charge on any atom is 0.269 e. The lowest BCUT2D eigenvalue weighted by Crippen LogP contribution is -3.09. The van der Waals surface area contributed by atoms with E-state index in [4.69, 9.17) is 0 Å². The third-order valence-corrected chi connectivity index (χ3v) is 4.17. The molecule has 21 heavy (non-hydrogen) atoms. The van der Waals surface area contributed by atoms with E-state index in [0.29, 0.717) is 6.04 Å². The molecule has 1 aromatic carbocycles. The molecule has 0 aliphatic carbocycles. The van der Waals surface area contributed by atoms with Crippen LogP contribution in [-0.4, -0.2) is 22.0 Å². The Kier molecular flexibility index (Phi) is 4.35. The number of hydrogen-bond donors (Lipinski definition) is 2. The number of quaternary nitrogens is 2. The molecule has 5 nitrogen and oxygen atoms in total. The lowest BCUT2D eigenvalue weighted by Gasteiger charge is -2.41. The van der Waals surface area contributed by atoms with Crippen molar-refractivity contribution in [2.24, 2.45) is 0 Å². The van der Waals surface area contributed by atoms with Crippen LogP contribution in [0.3, 0.4) is 0 Å². The number of non-ortho nitro benzene ring substituents is 1. The fraction of sp³-hybridized carbons (Fsp3) is 0.625. The number of piperidine rings is 1. The SMILES string of the molecule is CC1(C)CC([NH2+]Cc2cccc([N+](=O)[O-])c2)CC(C)(C)[NH2+]1. The molecule has 0 spiro atoms. The highest BCUT2D eigenvalue weighted by Crippen LogP contribution is 2.20. The van der Waals surface area contributed by atoms with Gasteiger partial charge in [-0.15, -0.1) is 0 Å². The van der Waals surface area contributed by atoms with Crippen LogP contribution in [0.2, 0.25) is 0 Å². The topological polar surface area (TPSA) is 76.4 Å². The molecule has 1 saturated heterocycles. The first kappa shape index (κ1) is 15.9. The summed E-state index contributed by atoms with van der Waals surface area (Å²) in [5.74, 6) is 0. The van der Waals surface area contributed by atoms with Crippen molar-refractivity contribution in [3.05, 3.63) is 39.9 Å². The van der Waals surface area contributed by atoms with Crippen LogP contribution < -0.4 is 10.6 Å². The van der Waals surface area contributed by atoms with Crippen LogP contribution in [0, 0.1) is 10.1 Å². The first-order chi connectivity index (χ1) is 9.67. The molecular formula is C16H27N3O2+2. The van der Waals surface area contributed by atoms with Crippen molar-refractivity contribution in [1.82, 2.24) is 0 Å². The Morgan fingerprint density at radius 3 is 2.48 bits per heavy atom. The standard InChI is InChI=1S/C16H25N3O2/c1-15(2)9-13(10-16(3,4)18-15)17-11-12-6-5-7-14(8-12)19(20)21/h5-8,13,17-18H,9-11H2,1-4H3/p+2. The van der Waals surface area contributed by atoms with Crippen LogP contribution in [0.5, 0.6) is 0 Å². The van der Waals surface area contributed by atoms with Crippen LogP contribution >= 0.6 is 0 Å². The minimum absolute atomic E-state index is 0.179. The summed E-state index contributed by atoms with van der Waals surface area (Å²) in [4.78, 5) is 10.5. The Hall–Kier alpha value is -1.46. The van der Waals surface area contributed by atoms with Gasteiger partial charge in [-0.25, -0.2) is 0 Å². The molecule has 2 rings (SSSR count). The van der Waals surface area contributed by atoms with Gasteiger partial charge in [-0.05, 0) is 27.7 Å². The molecule has 116 valence electrons. The van der Waals surface area contributed by atoms with Crippen molar-refractivity contribution in [1.29, 1.82) is 0 Å². The second-order valence-corrected chi connectivity index (χ2v) is 7.66. The number of rotatable bonds is 4. The average molecular weight is 293 g/mol. The molecule has 0 atom stereocenters. The number of nitro benzene ring substituents is 1. The highest BCUT2D eigenvalue weighted by molar-refractivity contribution is 5.33. The van der Waals surface area contributed by atoms with Gasteiger partial charge in [0.25, 0.3) is 5.69 Å². The first-order valence-electron chi connectivity index (χ1n) is 7.61. The van der Waals surface area contributed by atoms with E-state index in [-0.39, 0.29) is 21.7 Å². The fourth-order valence-corrected chi connectivity index (χ4v) is 3.87. The minimum atomic E-state index is -0.328. The lowest BCUT2D eigenvalue weighted by molar-refractivity contribution is -0.816. The molecule has 0 amide bonds. The number of hydrogen-bond acceptors (Lipinski definition) is 2. The number of benzene rings is 1. The van der Waals surface area contributed by atoms with Gasteiger partial charge >= 0.3 is 0 Å². The highest BCUT2D eigenvalue weighted by Gasteiger charge is 2.43. The maximum atomic E-state index is 10.8. The van der Waals surface area contributed by atoms with Gasteiger partial charge in [0, 0.05) is 17.7 Å². The average Bonchev–Trinajstić information content (AvgIpc) is 2.33. The summed E-state index contributed by atoms with van der Waals surface area (Å²) < 4.78 is 0. The zero-order valence-corrected chi connectivity index (χ0v) is 13.4. The summed E-state index contributed by atoms with van der Waals surface area (Å²) in [6.07, 6.45) is 2.32. The van der Waals surface area contributed by atoms with E-state index in [9.17, 15) is 10.1 Å². The number of nitrogens with two attached hydrogens (primary N) is 2. The summed E-state index contributed by atoms with van der Waals surface area (Å²) in [6, 6.07) is 7.53. The number of nitrogens with zero attached hydrogens (tertiary/aromatic N) is 1. The van der Waals surface area contributed by atoms with Crippen molar-refractivity contribution >= 4 is 5.69 Å². The predicted molar refractivity (Wildman–Crippen MR) is 81.8 cm³/mol. The van der Waals surface area contributed by atoms with Crippen molar-refractivity contribution in [3.63, 3.8) is 0 Å². The smallest absolute Gasteiger partial charge is 0.269 e. The molecule has 4 N–H and O–H groups in total. The van der Waals surface area contributed by atoms with E-state index in [1.54, 1.807) is 18.2 Å². The molecule has 1 aromatic rings. The molecule has 1 heterocycles. The van der Waals surface area contributed by atoms with Crippen LogP contribution in [0.1, 0.15) is 46.1 Å². The predicted octanol–water partition coefficient (Wildman–Crippen LogP) is 0.941. The van der Waals surface area contributed by atoms with Gasteiger partial charge in [-0.1, -0.05) is 12.1 Å². The van der Waals surface area contributed by atoms with Crippen LogP contribution in [-0.2, 0) is 6.54 Å². The third-order valence-electron chi connectivity index (χ3n) is 4.17. The zero-order chi connectivity index (χ0) is 15.7. The molecule has 0 saturated carbocycles. The highest BCUT2D eigenvalue weighted by atomic mass is 16.6. The van der Waals surface area contributed by atoms with Crippen molar-refractivity contribution in [2.45, 2.75) is 64.2 Å². The Bertz CT molecular complexity index is 510. The summed E-state index contributed by atoms with van der Waals surface area (Å²) >= 11 is 0. The van der Waals surface area contributed by atoms with E-state index in [2.05, 4.69) is 38.3 Å². The molecule has 0 radical (unpaired) electrons. The van der Waals surface area contributed by atoms with Gasteiger partial charge in [0.1, 0.15) is 6.54 Å². The molecule has 5 heteroatoms. The van der Waals surface area contributed by atoms with Crippen LogP contribution in [0.15, 0.2) is 24.3 Å². The van der Waals surface area contributed by atoms with Gasteiger partial charge in [-0.2, -0.15) is 0 Å². The first-order valence-corrected chi connectivity index (χ1v) is 7.61. The molecule has 0 bridgehead atoms. The van der Waals surface area contributed by atoms with Crippen LogP contribution in [0.4, 0.5) is 5.69 Å². The Labute approximate surface area is 126 Å². The van der Waals surface area contributed by atoms with E-state index < -0.39 is 0 Å². The molecule has 0 aromatic heterocycles. The number of nitro groups is 1. The zero-order valence-electron chi connectivity index (χ0n) is 13.4. The second-order valence-electron chi connectivity index (χ2n) is 7.66. The van der Waals surface area contributed by atoms with Crippen molar-refractivity contribution < 1.29 is 15.6 Å². The normalized spacial score (nSPS) is 21.1. The summed E-state index contributed by atoms with van der Waals surface area (Å²) in [5, 5.41) is 15.6. The van der Waals surface area contributed by atoms with E-state index >= 15 is 0 Å². The van der Waals surface area contributed by atoms with Gasteiger partial charge in [0.15, 0.2) is 0 Å². The van der Waals surface area contributed by atoms with Gasteiger partial charge in [-0.3, -0.25) is 10.1 Å². The Balaban J connectivity index is 1.99. The van der Waals surface area contributed by atoms with Crippen LogP contribution in [0.25, 0.3) is 0 Å². The van der Waals surface area contributed by atoms with Crippen molar-refractivity contribution in [3.8, 4) is 0 Å². The lowest BCUT2D eigenvalue weighted by atomic mass is 9.79. The summed E-state index contributed by atoms with van der Waals surface area (Å²) in [5.41, 5.74) is 1.71. The quantitative estimate of drug-likeness (QED) is 0.640. The largest absolute Gasteiger partial charge is 0.340 e. The molecular weight excluding hydrogens is 266 g/mol. The molecule has 0 unspecified atom stereocenters. The molecule has 1 aliphatic heterocycles.